The first-order valence-electron chi connectivity index (χ1n) is 6.26. The summed E-state index contributed by atoms with van der Waals surface area (Å²) < 4.78 is 0. The van der Waals surface area contributed by atoms with Gasteiger partial charge < -0.3 is 5.32 Å². The highest BCUT2D eigenvalue weighted by molar-refractivity contribution is 7.98. The first-order chi connectivity index (χ1) is 9.20. The molecule has 1 atom stereocenters. The van der Waals surface area contributed by atoms with Crippen LogP contribution in [0.15, 0.2) is 35.4 Å². The maximum atomic E-state index is 6.14. The van der Waals surface area contributed by atoms with Crippen molar-refractivity contribution in [1.82, 2.24) is 10.3 Å². The van der Waals surface area contributed by atoms with Gasteiger partial charge in [-0.3, -0.25) is 0 Å². The van der Waals surface area contributed by atoms with E-state index >= 15 is 0 Å². The Hall–Kier alpha value is -0.550. The number of nitrogens with zero attached hydrogens (tertiary/aromatic N) is 1. The molecule has 0 radical (unpaired) electrons. The Morgan fingerprint density at radius 1 is 1.42 bits per heavy atom. The van der Waals surface area contributed by atoms with Crippen molar-refractivity contribution in [3.05, 3.63) is 45.4 Å². The van der Waals surface area contributed by atoms with Gasteiger partial charge in [0.05, 0.1) is 10.8 Å². The summed E-state index contributed by atoms with van der Waals surface area (Å²) >= 11 is 9.64. The molecule has 1 aromatic carbocycles. The molecule has 1 unspecified atom stereocenters. The van der Waals surface area contributed by atoms with E-state index in [0.717, 1.165) is 27.2 Å². The first kappa shape index (κ1) is 14.9. The smallest absolute Gasteiger partial charge is 0.103 e. The molecular weight excluding hydrogens is 296 g/mol. The van der Waals surface area contributed by atoms with Crippen LogP contribution in [0.25, 0.3) is 0 Å². The molecule has 5 heteroatoms. The fourth-order valence-electron chi connectivity index (χ4n) is 1.70. The van der Waals surface area contributed by atoms with Crippen molar-refractivity contribution in [2.45, 2.75) is 30.5 Å². The van der Waals surface area contributed by atoms with Gasteiger partial charge in [-0.2, -0.15) is 0 Å². The fraction of sp³-hybridized carbons (Fsp3) is 0.357. The molecule has 0 aliphatic heterocycles. The van der Waals surface area contributed by atoms with Crippen molar-refractivity contribution >= 4 is 34.7 Å². The van der Waals surface area contributed by atoms with Crippen molar-refractivity contribution < 1.29 is 0 Å². The van der Waals surface area contributed by atoms with E-state index in [1.165, 1.54) is 4.88 Å². The Morgan fingerprint density at radius 3 is 2.95 bits per heavy atom. The molecule has 0 fully saturated rings. The number of rotatable bonds is 6. The number of halogens is 1. The van der Waals surface area contributed by atoms with Crippen molar-refractivity contribution in [3.8, 4) is 0 Å². The third kappa shape index (κ3) is 4.21. The molecule has 102 valence electrons. The van der Waals surface area contributed by atoms with Gasteiger partial charge in [0.15, 0.2) is 0 Å². The van der Waals surface area contributed by atoms with E-state index in [0.29, 0.717) is 6.04 Å². The second-order valence-corrected chi connectivity index (χ2v) is 6.73. The van der Waals surface area contributed by atoms with E-state index in [4.69, 9.17) is 11.6 Å². The number of hydrogen-bond acceptors (Lipinski definition) is 4. The summed E-state index contributed by atoms with van der Waals surface area (Å²) in [5.74, 6) is 0.868. The van der Waals surface area contributed by atoms with Crippen LogP contribution in [-0.4, -0.2) is 11.5 Å². The molecule has 0 amide bonds. The van der Waals surface area contributed by atoms with Gasteiger partial charge in [0, 0.05) is 22.0 Å². The monoisotopic (exact) mass is 312 g/mol. The van der Waals surface area contributed by atoms with Gasteiger partial charge in [-0.05, 0) is 25.6 Å². The minimum absolute atomic E-state index is 0.376. The summed E-state index contributed by atoms with van der Waals surface area (Å²) in [6, 6.07) is 8.30. The molecule has 0 saturated heterocycles. The van der Waals surface area contributed by atoms with Crippen molar-refractivity contribution in [1.29, 1.82) is 0 Å². The summed E-state index contributed by atoms with van der Waals surface area (Å²) in [5.41, 5.74) is 0. The van der Waals surface area contributed by atoms with Gasteiger partial charge in [-0.15, -0.1) is 23.1 Å². The summed E-state index contributed by atoms with van der Waals surface area (Å²) in [6.07, 6.45) is 1.97. The molecule has 0 spiro atoms. The zero-order chi connectivity index (χ0) is 13.7. The lowest BCUT2D eigenvalue weighted by Crippen LogP contribution is -2.16. The quantitative estimate of drug-likeness (QED) is 0.778. The normalized spacial score (nSPS) is 12.6. The van der Waals surface area contributed by atoms with E-state index in [9.17, 15) is 0 Å². The first-order valence-corrected chi connectivity index (χ1v) is 8.44. The summed E-state index contributed by atoms with van der Waals surface area (Å²) in [4.78, 5) is 6.88. The van der Waals surface area contributed by atoms with Crippen LogP contribution in [0.1, 0.15) is 29.8 Å². The molecule has 2 aromatic rings. The van der Waals surface area contributed by atoms with Crippen molar-refractivity contribution in [2.24, 2.45) is 0 Å². The average Bonchev–Trinajstić information content (AvgIpc) is 2.87. The topological polar surface area (TPSA) is 24.9 Å². The lowest BCUT2D eigenvalue weighted by Gasteiger charge is -2.08. The lowest BCUT2D eigenvalue weighted by atomic mass is 10.3. The number of thiazole rings is 1. The third-order valence-corrected chi connectivity index (χ3v) is 5.59. The Kier molecular flexibility index (Phi) is 5.70. The largest absolute Gasteiger partial charge is 0.310 e. The zero-order valence-corrected chi connectivity index (χ0v) is 13.4. The van der Waals surface area contributed by atoms with Crippen LogP contribution in [0.2, 0.25) is 5.02 Å². The zero-order valence-electron chi connectivity index (χ0n) is 11.0. The van der Waals surface area contributed by atoms with Crippen molar-refractivity contribution in [2.75, 3.05) is 6.54 Å². The van der Waals surface area contributed by atoms with Crippen LogP contribution in [0.4, 0.5) is 0 Å². The second kappa shape index (κ2) is 7.29. The highest BCUT2D eigenvalue weighted by Crippen LogP contribution is 2.31. The Labute approximate surface area is 127 Å². The van der Waals surface area contributed by atoms with Gasteiger partial charge in [0.25, 0.3) is 0 Å². The molecule has 19 heavy (non-hydrogen) atoms. The van der Waals surface area contributed by atoms with Gasteiger partial charge >= 0.3 is 0 Å². The predicted molar refractivity (Wildman–Crippen MR) is 85.2 cm³/mol. The van der Waals surface area contributed by atoms with E-state index in [1.54, 1.807) is 23.1 Å². The number of nitrogens with one attached hydrogen (secondary N) is 1. The van der Waals surface area contributed by atoms with Crippen LogP contribution in [0.5, 0.6) is 0 Å². The Bertz CT molecular complexity index is 528. The summed E-state index contributed by atoms with van der Waals surface area (Å²) in [7, 11) is 0. The number of thioether (sulfide) groups is 1. The van der Waals surface area contributed by atoms with Crippen LogP contribution in [0.3, 0.4) is 0 Å². The van der Waals surface area contributed by atoms with E-state index in [2.05, 4.69) is 24.1 Å². The summed E-state index contributed by atoms with van der Waals surface area (Å²) in [6.45, 7) is 5.26. The maximum absolute atomic E-state index is 6.14. The molecule has 0 aliphatic carbocycles. The fourth-order valence-corrected chi connectivity index (χ4v) is 3.89. The second-order valence-electron chi connectivity index (χ2n) is 4.15. The Morgan fingerprint density at radius 2 is 2.21 bits per heavy atom. The SMILES string of the molecule is CCNC(C)c1cnc(CSc2ccccc2Cl)s1. The molecule has 1 aromatic heterocycles. The average molecular weight is 313 g/mol. The molecule has 2 nitrogen and oxygen atoms in total. The summed E-state index contributed by atoms with van der Waals surface area (Å²) in [5, 5.41) is 5.35. The van der Waals surface area contributed by atoms with Gasteiger partial charge in [0.1, 0.15) is 5.01 Å². The van der Waals surface area contributed by atoms with Crippen LogP contribution in [-0.2, 0) is 5.75 Å². The predicted octanol–water partition coefficient (Wildman–Crippen LogP) is 4.76. The molecule has 1 heterocycles. The van der Waals surface area contributed by atoms with E-state index in [1.807, 2.05) is 30.5 Å². The van der Waals surface area contributed by atoms with Crippen LogP contribution < -0.4 is 5.32 Å². The van der Waals surface area contributed by atoms with Gasteiger partial charge in [-0.1, -0.05) is 30.7 Å². The Balaban J connectivity index is 1.95. The van der Waals surface area contributed by atoms with Crippen molar-refractivity contribution in [3.63, 3.8) is 0 Å². The lowest BCUT2D eigenvalue weighted by molar-refractivity contribution is 0.606. The van der Waals surface area contributed by atoms with Gasteiger partial charge in [0.2, 0.25) is 0 Å². The van der Waals surface area contributed by atoms with E-state index in [-0.39, 0.29) is 0 Å². The van der Waals surface area contributed by atoms with E-state index < -0.39 is 0 Å². The molecular formula is C14H17ClN2S2. The number of benzene rings is 1. The van der Waals surface area contributed by atoms with Crippen LogP contribution in [0, 0.1) is 0 Å². The minimum atomic E-state index is 0.376. The third-order valence-electron chi connectivity index (χ3n) is 2.70. The number of hydrogen-bond donors (Lipinski definition) is 1. The highest BCUT2D eigenvalue weighted by Gasteiger charge is 2.09. The number of aromatic nitrogens is 1. The standard InChI is InChI=1S/C14H17ClN2S2/c1-3-16-10(2)13-8-17-14(19-13)9-18-12-7-5-4-6-11(12)15/h4-8,10,16H,3,9H2,1-2H3. The minimum Gasteiger partial charge on any atom is -0.310 e. The molecule has 0 aliphatic rings. The van der Waals surface area contributed by atoms with Gasteiger partial charge in [-0.25, -0.2) is 4.98 Å². The molecule has 1 N–H and O–H groups in total. The maximum Gasteiger partial charge on any atom is 0.103 e. The molecule has 0 bridgehead atoms. The van der Waals surface area contributed by atoms with Crippen LogP contribution >= 0.6 is 34.7 Å². The molecule has 2 rings (SSSR count). The highest BCUT2D eigenvalue weighted by atomic mass is 35.5. The molecule has 0 saturated carbocycles.